The van der Waals surface area contributed by atoms with Crippen molar-refractivity contribution in [2.45, 2.75) is 51.5 Å². The first-order valence-corrected chi connectivity index (χ1v) is 11.7. The number of hydrogen-bond acceptors (Lipinski definition) is 4. The molecule has 0 saturated carbocycles. The van der Waals surface area contributed by atoms with Gasteiger partial charge >= 0.3 is 5.97 Å². The van der Waals surface area contributed by atoms with Crippen LogP contribution in [0.5, 0.6) is 0 Å². The summed E-state index contributed by atoms with van der Waals surface area (Å²) in [5, 5.41) is 1.22. The Morgan fingerprint density at radius 1 is 1.13 bits per heavy atom. The number of aromatic nitrogens is 1. The second-order valence-electron chi connectivity index (χ2n) is 9.23. The Balaban J connectivity index is 1.48. The minimum Gasteiger partial charge on any atom is -0.465 e. The zero-order valence-electron chi connectivity index (χ0n) is 19.2. The molecule has 1 fully saturated rings. The Bertz CT molecular complexity index is 963. The highest BCUT2D eigenvalue weighted by molar-refractivity contribution is 5.96. The molecule has 0 bridgehead atoms. The summed E-state index contributed by atoms with van der Waals surface area (Å²) in [4.78, 5) is 28.6. The minimum atomic E-state index is -0.272. The minimum absolute atomic E-state index is 0.140. The molecule has 1 aromatic carbocycles. The van der Waals surface area contributed by atoms with Crippen LogP contribution in [0.15, 0.2) is 18.2 Å². The molecular formula is C25H35N3O3. The molecule has 1 aliphatic carbocycles. The molecule has 6 heteroatoms. The largest absolute Gasteiger partial charge is 0.465 e. The van der Waals surface area contributed by atoms with Crippen molar-refractivity contribution in [3.8, 4) is 0 Å². The van der Waals surface area contributed by atoms with Gasteiger partial charge in [0.05, 0.1) is 18.6 Å². The average Bonchev–Trinajstić information content (AvgIpc) is 3.11. The van der Waals surface area contributed by atoms with Crippen LogP contribution >= 0.6 is 0 Å². The molecule has 1 saturated heterocycles. The molecule has 1 atom stereocenters. The molecule has 2 heterocycles. The van der Waals surface area contributed by atoms with Gasteiger partial charge in [-0.1, -0.05) is 0 Å². The van der Waals surface area contributed by atoms with Crippen molar-refractivity contribution in [2.75, 3.05) is 40.8 Å². The average molecular weight is 426 g/mol. The van der Waals surface area contributed by atoms with Gasteiger partial charge in [-0.15, -0.1) is 0 Å². The maximum absolute atomic E-state index is 12.4. The number of nitrogens with zero attached hydrogens (tertiary/aromatic N) is 3. The van der Waals surface area contributed by atoms with Crippen molar-refractivity contribution in [3.05, 3.63) is 35.0 Å². The summed E-state index contributed by atoms with van der Waals surface area (Å²) in [6.45, 7) is 3.96. The SMILES string of the molecule is COC(=O)c1ccc2c(c1)c1c(n2CCCN2CCCC(C(=O)N(C)C)C2)CCCC1. The third-order valence-electron chi connectivity index (χ3n) is 6.95. The maximum Gasteiger partial charge on any atom is 0.337 e. The van der Waals surface area contributed by atoms with Gasteiger partial charge in [0, 0.05) is 43.8 Å². The molecule has 2 aromatic rings. The van der Waals surface area contributed by atoms with Crippen molar-refractivity contribution < 1.29 is 14.3 Å². The number of carbonyl (C=O) groups is 2. The van der Waals surface area contributed by atoms with Crippen LogP contribution in [0.4, 0.5) is 0 Å². The third-order valence-corrected chi connectivity index (χ3v) is 6.95. The van der Waals surface area contributed by atoms with Gasteiger partial charge in [-0.2, -0.15) is 0 Å². The number of esters is 1. The summed E-state index contributed by atoms with van der Waals surface area (Å²) in [6.07, 6.45) is 7.81. The van der Waals surface area contributed by atoms with Crippen molar-refractivity contribution in [2.24, 2.45) is 5.92 Å². The normalized spacial score (nSPS) is 19.3. The van der Waals surface area contributed by atoms with E-state index in [0.717, 1.165) is 58.3 Å². The van der Waals surface area contributed by atoms with Gasteiger partial charge in [-0.25, -0.2) is 4.79 Å². The molecule has 6 nitrogen and oxygen atoms in total. The fraction of sp³-hybridized carbons (Fsp3) is 0.600. The lowest BCUT2D eigenvalue weighted by atomic mass is 9.95. The van der Waals surface area contributed by atoms with Crippen molar-refractivity contribution in [1.82, 2.24) is 14.4 Å². The number of carbonyl (C=O) groups excluding carboxylic acids is 2. The topological polar surface area (TPSA) is 54.8 Å². The van der Waals surface area contributed by atoms with Crippen LogP contribution in [-0.2, 0) is 28.9 Å². The van der Waals surface area contributed by atoms with Crippen LogP contribution in [0, 0.1) is 5.92 Å². The van der Waals surface area contributed by atoms with Crippen molar-refractivity contribution in [3.63, 3.8) is 0 Å². The summed E-state index contributed by atoms with van der Waals surface area (Å²) < 4.78 is 7.41. The molecule has 2 aliphatic rings. The number of methoxy groups -OCH3 is 1. The molecule has 4 rings (SSSR count). The number of piperidine rings is 1. The zero-order chi connectivity index (χ0) is 22.0. The predicted molar refractivity (Wildman–Crippen MR) is 122 cm³/mol. The summed E-state index contributed by atoms with van der Waals surface area (Å²) in [6, 6.07) is 5.99. The second-order valence-corrected chi connectivity index (χ2v) is 9.23. The highest BCUT2D eigenvalue weighted by Crippen LogP contribution is 2.33. The standard InChI is InChI=1S/C25H35N3O3/c1-26(2)24(29)19-8-6-13-27(17-19)14-7-15-28-22-10-5-4-9-20(22)21-16-18(25(30)31-3)11-12-23(21)28/h11-12,16,19H,4-10,13-15,17H2,1-3H3. The predicted octanol–water partition coefficient (Wildman–Crippen LogP) is 3.50. The number of benzene rings is 1. The van der Waals surface area contributed by atoms with Crippen LogP contribution in [0.1, 0.15) is 53.7 Å². The first kappa shape index (κ1) is 21.9. The van der Waals surface area contributed by atoms with Gasteiger partial charge in [0.15, 0.2) is 0 Å². The van der Waals surface area contributed by atoms with E-state index in [1.165, 1.54) is 42.1 Å². The number of amides is 1. The highest BCUT2D eigenvalue weighted by Gasteiger charge is 2.27. The van der Waals surface area contributed by atoms with E-state index in [0.29, 0.717) is 5.56 Å². The number of likely N-dealkylation sites (tertiary alicyclic amines) is 1. The second kappa shape index (κ2) is 9.43. The first-order valence-electron chi connectivity index (χ1n) is 11.7. The Morgan fingerprint density at radius 2 is 1.94 bits per heavy atom. The maximum atomic E-state index is 12.4. The van der Waals surface area contributed by atoms with Gasteiger partial charge in [-0.05, 0) is 81.8 Å². The van der Waals surface area contributed by atoms with Crippen LogP contribution in [-0.4, -0.2) is 67.1 Å². The summed E-state index contributed by atoms with van der Waals surface area (Å²) in [7, 11) is 5.14. The molecule has 168 valence electrons. The van der Waals surface area contributed by atoms with Crippen LogP contribution in [0.3, 0.4) is 0 Å². The van der Waals surface area contributed by atoms with Gasteiger partial charge in [0.1, 0.15) is 0 Å². The van der Waals surface area contributed by atoms with Crippen LogP contribution < -0.4 is 0 Å². The summed E-state index contributed by atoms with van der Waals surface area (Å²) in [5.74, 6) is 0.128. The fourth-order valence-electron chi connectivity index (χ4n) is 5.41. The van der Waals surface area contributed by atoms with E-state index >= 15 is 0 Å². The summed E-state index contributed by atoms with van der Waals surface area (Å²) in [5.41, 5.74) is 4.73. The first-order chi connectivity index (χ1) is 15.0. The van der Waals surface area contributed by atoms with Crippen molar-refractivity contribution in [1.29, 1.82) is 0 Å². The Kier molecular flexibility index (Phi) is 6.65. The van der Waals surface area contributed by atoms with Gasteiger partial charge in [0.25, 0.3) is 0 Å². The lowest BCUT2D eigenvalue weighted by Crippen LogP contribution is -2.43. The number of aryl methyl sites for hydroxylation is 2. The van der Waals surface area contributed by atoms with Crippen LogP contribution in [0.2, 0.25) is 0 Å². The highest BCUT2D eigenvalue weighted by atomic mass is 16.5. The van der Waals surface area contributed by atoms with Gasteiger partial charge in [-0.3, -0.25) is 4.79 Å². The molecule has 0 spiro atoms. The molecule has 1 unspecified atom stereocenters. The van der Waals surface area contributed by atoms with Gasteiger partial charge in [0.2, 0.25) is 5.91 Å². The molecule has 1 amide bonds. The monoisotopic (exact) mass is 425 g/mol. The van der Waals surface area contributed by atoms with E-state index < -0.39 is 0 Å². The van der Waals surface area contributed by atoms with E-state index in [1.807, 2.05) is 26.2 Å². The molecule has 31 heavy (non-hydrogen) atoms. The number of fused-ring (bicyclic) bond motifs is 3. The number of hydrogen-bond donors (Lipinski definition) is 0. The lowest BCUT2D eigenvalue weighted by molar-refractivity contribution is -0.134. The Morgan fingerprint density at radius 3 is 2.71 bits per heavy atom. The fourth-order valence-corrected chi connectivity index (χ4v) is 5.41. The van der Waals surface area contributed by atoms with E-state index in [-0.39, 0.29) is 17.8 Å². The third kappa shape index (κ3) is 4.49. The molecular weight excluding hydrogens is 390 g/mol. The Labute approximate surface area is 185 Å². The smallest absolute Gasteiger partial charge is 0.337 e. The quantitative estimate of drug-likeness (QED) is 0.665. The lowest BCUT2D eigenvalue weighted by Gasteiger charge is -2.33. The van der Waals surface area contributed by atoms with Crippen molar-refractivity contribution >= 4 is 22.8 Å². The zero-order valence-corrected chi connectivity index (χ0v) is 19.2. The van der Waals surface area contributed by atoms with E-state index in [9.17, 15) is 9.59 Å². The summed E-state index contributed by atoms with van der Waals surface area (Å²) >= 11 is 0. The number of ether oxygens (including phenoxy) is 1. The molecule has 0 N–H and O–H groups in total. The molecule has 1 aliphatic heterocycles. The van der Waals surface area contributed by atoms with Crippen LogP contribution in [0.25, 0.3) is 10.9 Å². The molecule has 0 radical (unpaired) electrons. The van der Waals surface area contributed by atoms with E-state index in [4.69, 9.17) is 4.74 Å². The number of rotatable bonds is 6. The Hall–Kier alpha value is -2.34. The molecule has 1 aromatic heterocycles. The van der Waals surface area contributed by atoms with Gasteiger partial charge < -0.3 is 19.1 Å². The van der Waals surface area contributed by atoms with E-state index in [2.05, 4.69) is 15.5 Å². The van der Waals surface area contributed by atoms with E-state index in [1.54, 1.807) is 4.90 Å².